The quantitative estimate of drug-likeness (QED) is 0.427. The SMILES string of the molecule is COc1cc(C)nc(N2CCN(S(=O)(=O)c3ccc(NC(=O)c4ccccc4N(C)S(C)(=O)=O)cc3)CC2)n1. The maximum Gasteiger partial charge on any atom is 0.257 e. The van der Waals surface area contributed by atoms with Crippen LogP contribution >= 0.6 is 0 Å². The second kappa shape index (κ2) is 11.2. The van der Waals surface area contributed by atoms with Crippen molar-refractivity contribution in [1.29, 1.82) is 0 Å². The van der Waals surface area contributed by atoms with Gasteiger partial charge in [-0.1, -0.05) is 12.1 Å². The lowest BCUT2D eigenvalue weighted by Gasteiger charge is -2.34. The summed E-state index contributed by atoms with van der Waals surface area (Å²) in [5.74, 6) is 0.418. The number of aryl methyl sites for hydroxylation is 1. The van der Waals surface area contributed by atoms with Gasteiger partial charge in [-0.3, -0.25) is 9.10 Å². The number of para-hydroxylation sites is 1. The number of hydrogen-bond donors (Lipinski definition) is 1. The van der Waals surface area contributed by atoms with E-state index in [0.717, 1.165) is 16.3 Å². The average Bonchev–Trinajstić information content (AvgIpc) is 2.92. The summed E-state index contributed by atoms with van der Waals surface area (Å²) in [6, 6.07) is 13.9. The lowest BCUT2D eigenvalue weighted by Crippen LogP contribution is -2.49. The molecule has 0 aliphatic carbocycles. The number of nitrogens with zero attached hydrogens (tertiary/aromatic N) is 5. The zero-order chi connectivity index (χ0) is 28.4. The van der Waals surface area contributed by atoms with Gasteiger partial charge in [0.2, 0.25) is 31.9 Å². The topological polar surface area (TPSA) is 142 Å². The maximum atomic E-state index is 13.3. The second-order valence-electron chi connectivity index (χ2n) is 8.97. The smallest absolute Gasteiger partial charge is 0.257 e. The number of piperazine rings is 1. The first kappa shape index (κ1) is 28.3. The van der Waals surface area contributed by atoms with Crippen molar-refractivity contribution in [2.24, 2.45) is 0 Å². The Kier molecular flexibility index (Phi) is 8.09. The summed E-state index contributed by atoms with van der Waals surface area (Å²) >= 11 is 0. The van der Waals surface area contributed by atoms with Crippen LogP contribution in [0.25, 0.3) is 0 Å². The number of sulfonamides is 2. The molecule has 0 unspecified atom stereocenters. The van der Waals surface area contributed by atoms with Crippen molar-refractivity contribution in [3.05, 3.63) is 65.9 Å². The number of hydrogen-bond acceptors (Lipinski definition) is 9. The number of aromatic nitrogens is 2. The first-order chi connectivity index (χ1) is 18.4. The van der Waals surface area contributed by atoms with Crippen molar-refractivity contribution in [3.63, 3.8) is 0 Å². The molecule has 0 bridgehead atoms. The van der Waals surface area contributed by atoms with Gasteiger partial charge in [-0.25, -0.2) is 21.8 Å². The Hall–Kier alpha value is -3.75. The standard InChI is InChI=1S/C25H30N6O6S2/c1-18-17-23(37-3)28-25(26-18)30-13-15-31(16-14-30)39(35,36)20-11-9-19(10-12-20)27-24(32)21-7-5-6-8-22(21)29(2)38(4,33)34/h5-12,17H,13-16H2,1-4H3,(H,27,32). The van der Waals surface area contributed by atoms with E-state index >= 15 is 0 Å². The van der Waals surface area contributed by atoms with E-state index in [0.29, 0.717) is 30.6 Å². The number of rotatable bonds is 8. The molecule has 0 radical (unpaired) electrons. The van der Waals surface area contributed by atoms with Crippen LogP contribution in [-0.2, 0) is 20.0 Å². The van der Waals surface area contributed by atoms with Gasteiger partial charge in [0, 0.05) is 50.7 Å². The molecule has 1 aliphatic rings. The summed E-state index contributed by atoms with van der Waals surface area (Å²) in [6.07, 6.45) is 1.05. The van der Waals surface area contributed by atoms with E-state index in [1.165, 1.54) is 54.9 Å². The fraction of sp³-hybridized carbons (Fsp3) is 0.320. The molecule has 1 aromatic heterocycles. The molecule has 0 spiro atoms. The Morgan fingerprint density at radius 2 is 1.62 bits per heavy atom. The number of nitrogens with one attached hydrogen (secondary N) is 1. The molecular weight excluding hydrogens is 544 g/mol. The van der Waals surface area contributed by atoms with Crippen LogP contribution in [0.3, 0.4) is 0 Å². The van der Waals surface area contributed by atoms with Crippen molar-refractivity contribution in [1.82, 2.24) is 14.3 Å². The first-order valence-corrected chi connectivity index (χ1v) is 15.3. The highest BCUT2D eigenvalue weighted by Crippen LogP contribution is 2.25. The number of methoxy groups -OCH3 is 1. The number of benzene rings is 2. The van der Waals surface area contributed by atoms with Crippen LogP contribution < -0.4 is 19.3 Å². The number of amides is 1. The molecule has 2 aromatic carbocycles. The number of ether oxygens (including phenoxy) is 1. The van der Waals surface area contributed by atoms with Crippen LogP contribution in [0.1, 0.15) is 16.1 Å². The van der Waals surface area contributed by atoms with Crippen LogP contribution in [0, 0.1) is 6.92 Å². The van der Waals surface area contributed by atoms with Gasteiger partial charge in [0.15, 0.2) is 0 Å². The fourth-order valence-corrected chi connectivity index (χ4v) is 6.01. The number of anilines is 3. The summed E-state index contributed by atoms with van der Waals surface area (Å²) < 4.78 is 58.1. The molecule has 3 aromatic rings. The predicted octanol–water partition coefficient (Wildman–Crippen LogP) is 1.95. The van der Waals surface area contributed by atoms with Gasteiger partial charge in [0.25, 0.3) is 5.91 Å². The zero-order valence-electron chi connectivity index (χ0n) is 22.0. The Bertz CT molecular complexity index is 1570. The predicted molar refractivity (Wildman–Crippen MR) is 148 cm³/mol. The minimum Gasteiger partial charge on any atom is -0.481 e. The van der Waals surface area contributed by atoms with Gasteiger partial charge in [-0.05, 0) is 43.3 Å². The minimum atomic E-state index is -3.77. The van der Waals surface area contributed by atoms with Crippen LogP contribution in [0.2, 0.25) is 0 Å². The molecule has 1 amide bonds. The highest BCUT2D eigenvalue weighted by atomic mass is 32.2. The largest absolute Gasteiger partial charge is 0.481 e. The average molecular weight is 575 g/mol. The third-order valence-corrected chi connectivity index (χ3v) is 9.39. The van der Waals surface area contributed by atoms with E-state index < -0.39 is 26.0 Å². The minimum absolute atomic E-state index is 0.0969. The molecule has 1 saturated heterocycles. The lowest BCUT2D eigenvalue weighted by atomic mass is 10.1. The van der Waals surface area contributed by atoms with E-state index in [1.54, 1.807) is 18.2 Å². The molecule has 2 heterocycles. The Balaban J connectivity index is 1.44. The summed E-state index contributed by atoms with van der Waals surface area (Å²) in [7, 11) is -4.44. The second-order valence-corrected chi connectivity index (χ2v) is 12.9. The third kappa shape index (κ3) is 6.29. The van der Waals surface area contributed by atoms with Crippen molar-refractivity contribution in [2.75, 3.05) is 61.1 Å². The highest BCUT2D eigenvalue weighted by molar-refractivity contribution is 7.92. The van der Waals surface area contributed by atoms with Gasteiger partial charge in [0.05, 0.1) is 29.5 Å². The Morgan fingerprint density at radius 1 is 0.974 bits per heavy atom. The van der Waals surface area contributed by atoms with E-state index in [2.05, 4.69) is 15.3 Å². The molecule has 1 aliphatic heterocycles. The number of carbonyl (C=O) groups is 1. The van der Waals surface area contributed by atoms with E-state index in [1.807, 2.05) is 11.8 Å². The fourth-order valence-electron chi connectivity index (χ4n) is 4.08. The molecule has 1 N–H and O–H groups in total. The Labute approximate surface area is 228 Å². The molecule has 14 heteroatoms. The molecule has 208 valence electrons. The van der Waals surface area contributed by atoms with Crippen LogP contribution in [0.4, 0.5) is 17.3 Å². The molecule has 1 fully saturated rings. The summed E-state index contributed by atoms with van der Waals surface area (Å²) in [4.78, 5) is 23.7. The molecular formula is C25H30N6O6S2. The van der Waals surface area contributed by atoms with Gasteiger partial charge >= 0.3 is 0 Å². The van der Waals surface area contributed by atoms with Crippen LogP contribution in [-0.4, -0.2) is 83.6 Å². The number of carbonyl (C=O) groups excluding carboxylic acids is 1. The van der Waals surface area contributed by atoms with Gasteiger partial charge in [-0.2, -0.15) is 9.29 Å². The van der Waals surface area contributed by atoms with Gasteiger partial charge < -0.3 is 15.0 Å². The summed E-state index contributed by atoms with van der Waals surface area (Å²) in [5, 5.41) is 2.70. The van der Waals surface area contributed by atoms with Crippen LogP contribution in [0.5, 0.6) is 5.88 Å². The van der Waals surface area contributed by atoms with E-state index in [-0.39, 0.29) is 29.2 Å². The zero-order valence-corrected chi connectivity index (χ0v) is 23.7. The molecule has 4 rings (SSSR count). The molecule has 0 atom stereocenters. The van der Waals surface area contributed by atoms with Crippen molar-refractivity contribution in [3.8, 4) is 5.88 Å². The first-order valence-electron chi connectivity index (χ1n) is 12.0. The monoisotopic (exact) mass is 574 g/mol. The highest BCUT2D eigenvalue weighted by Gasteiger charge is 2.29. The molecule has 0 saturated carbocycles. The summed E-state index contributed by atoms with van der Waals surface area (Å²) in [5.41, 5.74) is 1.51. The molecule has 12 nitrogen and oxygen atoms in total. The molecule has 39 heavy (non-hydrogen) atoms. The maximum absolute atomic E-state index is 13.3. The van der Waals surface area contributed by atoms with Crippen molar-refractivity contribution >= 4 is 43.3 Å². The van der Waals surface area contributed by atoms with E-state index in [9.17, 15) is 21.6 Å². The van der Waals surface area contributed by atoms with Crippen molar-refractivity contribution < 1.29 is 26.4 Å². The third-order valence-electron chi connectivity index (χ3n) is 6.28. The van der Waals surface area contributed by atoms with Gasteiger partial charge in [-0.15, -0.1) is 0 Å². The van der Waals surface area contributed by atoms with E-state index in [4.69, 9.17) is 4.74 Å². The summed E-state index contributed by atoms with van der Waals surface area (Å²) in [6.45, 7) is 3.19. The van der Waals surface area contributed by atoms with Crippen LogP contribution in [0.15, 0.2) is 59.5 Å². The van der Waals surface area contributed by atoms with Crippen molar-refractivity contribution in [2.45, 2.75) is 11.8 Å². The Morgan fingerprint density at radius 3 is 2.23 bits per heavy atom. The van der Waals surface area contributed by atoms with Gasteiger partial charge in [0.1, 0.15) is 0 Å². The lowest BCUT2D eigenvalue weighted by molar-refractivity contribution is 0.102. The normalized spacial score (nSPS) is 14.6.